The van der Waals surface area contributed by atoms with Crippen LogP contribution in [0, 0.1) is 0 Å². The Hall–Kier alpha value is -16.6. The zero-order valence-corrected chi connectivity index (χ0v) is 57.2. The topological polar surface area (TPSA) is 604 Å². The molecular weight excluding hydrogens is 1480 g/mol. The first kappa shape index (κ1) is 76.6. The molecule has 0 aliphatic carbocycles. The van der Waals surface area contributed by atoms with Crippen molar-refractivity contribution < 1.29 is 144 Å². The van der Waals surface area contributed by atoms with E-state index in [4.69, 9.17) is 36.3 Å². The van der Waals surface area contributed by atoms with Gasteiger partial charge in [0.25, 0.3) is 0 Å². The van der Waals surface area contributed by atoms with E-state index in [0.29, 0.717) is 0 Å². The van der Waals surface area contributed by atoms with E-state index < -0.39 is 90.4 Å². The number of aromatic hydroxyl groups is 21. The van der Waals surface area contributed by atoms with Crippen molar-refractivity contribution in [2.75, 3.05) is 21.3 Å². The molecule has 21 N–H and O–H groups in total. The fraction of sp³-hybridized carbons (Fsp3) is 0.0385. The largest absolute Gasteiger partial charge is 0.508 e. The van der Waals surface area contributed by atoms with Crippen molar-refractivity contribution in [3.63, 3.8) is 0 Å². The van der Waals surface area contributed by atoms with Gasteiger partial charge in [-0.1, -0.05) is 0 Å². The number of phenols is 16. The van der Waals surface area contributed by atoms with E-state index in [9.17, 15) is 131 Å². The Bertz CT molecular complexity index is 6630. The number of methoxy groups -OCH3 is 3. The van der Waals surface area contributed by atoms with Crippen LogP contribution in [0.4, 0.5) is 0 Å². The minimum Gasteiger partial charge on any atom is -0.508 e. The lowest BCUT2D eigenvalue weighted by molar-refractivity contribution is 0.373. The summed E-state index contributed by atoms with van der Waals surface area (Å²) in [5.74, 6) is -9.52. The second kappa shape index (κ2) is 30.5. The average molecular weight is 1540 g/mol. The third kappa shape index (κ3) is 14.9. The molecule has 572 valence electrons. The van der Waals surface area contributed by atoms with Crippen LogP contribution in [-0.2, 0) is 0 Å². The summed E-state index contributed by atoms with van der Waals surface area (Å²) in [6.45, 7) is 0. The summed E-state index contributed by atoms with van der Waals surface area (Å²) in [7, 11) is 4.12. The van der Waals surface area contributed by atoms with Gasteiger partial charge in [-0.15, -0.1) is 0 Å². The molecule has 15 rings (SSSR count). The number of phenolic OH excluding ortho intramolecular Hbond substituents is 16. The highest BCUT2D eigenvalue weighted by atomic mass is 16.5. The van der Waals surface area contributed by atoms with Crippen LogP contribution in [0.15, 0.2) is 204 Å². The molecule has 0 unspecified atom stereocenters. The van der Waals surface area contributed by atoms with Gasteiger partial charge in [-0.3, -0.25) is 24.0 Å². The van der Waals surface area contributed by atoms with Gasteiger partial charge < -0.3 is 144 Å². The normalized spacial score (nSPS) is 10.8. The zero-order chi connectivity index (χ0) is 81.3. The Labute approximate surface area is 620 Å². The van der Waals surface area contributed by atoms with Gasteiger partial charge >= 0.3 is 0 Å². The summed E-state index contributed by atoms with van der Waals surface area (Å²) in [4.78, 5) is 61.0. The van der Waals surface area contributed by atoms with Crippen LogP contribution in [0.1, 0.15) is 0 Å². The molecule has 0 aliphatic heterocycles. The molecule has 0 radical (unpaired) electrons. The molecule has 0 saturated heterocycles. The van der Waals surface area contributed by atoms with Crippen LogP contribution in [0.2, 0.25) is 0 Å². The molecule has 34 nitrogen and oxygen atoms in total. The lowest BCUT2D eigenvalue weighted by Gasteiger charge is -2.09. The van der Waals surface area contributed by atoms with Crippen LogP contribution >= 0.6 is 0 Å². The highest BCUT2D eigenvalue weighted by molar-refractivity contribution is 5.92. The molecule has 10 aromatic carbocycles. The van der Waals surface area contributed by atoms with Crippen LogP contribution < -0.4 is 41.4 Å². The van der Waals surface area contributed by atoms with E-state index in [1.165, 1.54) is 118 Å². The number of hydrogen-bond donors (Lipinski definition) is 21. The number of ether oxygens (including phenoxy) is 3. The molecule has 0 bridgehead atoms. The van der Waals surface area contributed by atoms with Crippen LogP contribution in [0.25, 0.3) is 111 Å². The van der Waals surface area contributed by atoms with Gasteiger partial charge in [0, 0.05) is 82.4 Å². The Kier molecular flexibility index (Phi) is 20.9. The van der Waals surface area contributed by atoms with Gasteiger partial charge in [0.1, 0.15) is 101 Å². The van der Waals surface area contributed by atoms with E-state index >= 15 is 0 Å². The summed E-state index contributed by atoms with van der Waals surface area (Å²) in [6.07, 6.45) is 0. The number of benzene rings is 10. The molecule has 0 atom stereocenters. The monoisotopic (exact) mass is 1540 g/mol. The van der Waals surface area contributed by atoms with E-state index in [1.807, 2.05) is 0 Å². The van der Waals surface area contributed by atoms with Gasteiger partial charge in [-0.05, 0) is 103 Å². The number of hydrogen-bond acceptors (Lipinski definition) is 34. The first-order valence-electron chi connectivity index (χ1n) is 31.6. The molecule has 15 aromatic rings. The number of fused-ring (bicyclic) bond motifs is 5. The fourth-order valence-corrected chi connectivity index (χ4v) is 11.0. The van der Waals surface area contributed by atoms with Crippen molar-refractivity contribution in [3.05, 3.63) is 209 Å². The summed E-state index contributed by atoms with van der Waals surface area (Å²) in [5, 5.41) is 202. The fourth-order valence-electron chi connectivity index (χ4n) is 11.0. The lowest BCUT2D eigenvalue weighted by Crippen LogP contribution is -2.03. The van der Waals surface area contributed by atoms with E-state index in [1.54, 1.807) is 0 Å². The summed E-state index contributed by atoms with van der Waals surface area (Å²) in [6, 6.07) is 32.1. The maximum absolute atomic E-state index is 12.3. The van der Waals surface area contributed by atoms with Crippen molar-refractivity contribution in [2.24, 2.45) is 0 Å². The molecule has 5 aromatic heterocycles. The SMILES string of the molecule is COc1cc(-c2oc3cc(O)cc(O)c3c(=O)c2O)ccc1O.COc1cc(O)c2c(=O)c(O)c(-c3ccc(O)c(O)c3)oc2c1.COc1ccc(-c2oc3cc(O)cc(O)c3c(=O)c2O)cc1O.O=c1c(O)c(-c2ccc(O)c(O)c2)oc2cc(O)cc(O)c12.O=c1c(O)c(-c2ccc(O)c(O)c2)oc2cc(O)ccc12. The predicted molar refractivity (Wildman–Crippen MR) is 394 cm³/mol. The standard InChI is InChI=1S/3C16H12O7.C15H10O7.C15H10O6/c1-22-11-3-2-7(4-9(11)18)16-15(21)14(20)13-10(19)5-8(17)6-12(13)23-16;1-22-11-4-7(2-3-9(11)18)16-15(21)14(20)13-10(19)5-8(17)6-12(13)23-16;1-22-8-5-11(19)13-12(6-8)23-16(15(21)14(13)20)7-2-3-9(17)10(18)4-7;16-7-4-10(19)12-11(5-7)22-15(14(21)13(12)20)6-1-2-8(17)9(18)3-6;16-8-2-3-9-12(6-8)21-15(14(20)13(9)19)7-1-4-10(17)11(18)5-7/h3*2-6,17-19,21H,1H3;1-5,16-19,21H;1-6,16-18,20H. The van der Waals surface area contributed by atoms with Gasteiger partial charge in [0.15, 0.2) is 86.3 Å². The van der Waals surface area contributed by atoms with Crippen molar-refractivity contribution >= 4 is 54.8 Å². The zero-order valence-electron chi connectivity index (χ0n) is 57.2. The molecule has 0 amide bonds. The quantitative estimate of drug-likeness (QED) is 0.0628. The summed E-state index contributed by atoms with van der Waals surface area (Å²) >= 11 is 0. The Morgan fingerprint density at radius 2 is 0.518 bits per heavy atom. The van der Waals surface area contributed by atoms with Gasteiger partial charge in [-0.25, -0.2) is 0 Å². The molecule has 0 saturated carbocycles. The molecule has 0 spiro atoms. The maximum atomic E-state index is 12.3. The van der Waals surface area contributed by atoms with E-state index in [2.05, 4.69) is 0 Å². The summed E-state index contributed by atoms with van der Waals surface area (Å²) < 4.78 is 42.0. The Morgan fingerprint density at radius 3 is 0.857 bits per heavy atom. The van der Waals surface area contributed by atoms with E-state index in [0.717, 1.165) is 60.7 Å². The minimum absolute atomic E-state index is 0.00668. The van der Waals surface area contributed by atoms with Crippen molar-refractivity contribution in [3.8, 4) is 195 Å². The predicted octanol–water partition coefficient (Wildman–Crippen LogP) is 11.1. The molecule has 112 heavy (non-hydrogen) atoms. The highest BCUT2D eigenvalue weighted by Gasteiger charge is 2.26. The molecule has 0 aliphatic rings. The molecule has 34 heteroatoms. The summed E-state index contributed by atoms with van der Waals surface area (Å²) in [5.41, 5.74) is -3.26. The van der Waals surface area contributed by atoms with E-state index in [-0.39, 0.29) is 186 Å². The Morgan fingerprint density at radius 1 is 0.223 bits per heavy atom. The van der Waals surface area contributed by atoms with Crippen molar-refractivity contribution in [2.45, 2.75) is 0 Å². The third-order valence-electron chi connectivity index (χ3n) is 16.4. The third-order valence-corrected chi connectivity index (χ3v) is 16.4. The highest BCUT2D eigenvalue weighted by Crippen LogP contribution is 2.44. The van der Waals surface area contributed by atoms with Crippen molar-refractivity contribution in [1.29, 1.82) is 0 Å². The van der Waals surface area contributed by atoms with Crippen LogP contribution in [0.3, 0.4) is 0 Å². The Balaban J connectivity index is 0.000000138. The first-order chi connectivity index (χ1) is 53.1. The van der Waals surface area contributed by atoms with Crippen LogP contribution in [0.5, 0.6) is 138 Å². The number of rotatable bonds is 8. The molecule has 5 heterocycles. The second-order valence-electron chi connectivity index (χ2n) is 23.6. The average Bonchev–Trinajstić information content (AvgIpc) is 0.788. The minimum atomic E-state index is -0.888. The second-order valence-corrected chi connectivity index (χ2v) is 23.6. The smallest absolute Gasteiger partial charge is 0.238 e. The molecule has 0 fully saturated rings. The first-order valence-corrected chi connectivity index (χ1v) is 31.6. The molecular formula is C78H56O34. The van der Waals surface area contributed by atoms with Crippen LogP contribution in [-0.4, -0.2) is 129 Å². The van der Waals surface area contributed by atoms with Crippen molar-refractivity contribution in [1.82, 2.24) is 0 Å². The maximum Gasteiger partial charge on any atom is 0.238 e. The van der Waals surface area contributed by atoms with Gasteiger partial charge in [0.2, 0.25) is 55.9 Å². The van der Waals surface area contributed by atoms with Gasteiger partial charge in [0.05, 0.1) is 26.7 Å². The lowest BCUT2D eigenvalue weighted by atomic mass is 10.1. The van der Waals surface area contributed by atoms with Gasteiger partial charge in [-0.2, -0.15) is 0 Å².